The van der Waals surface area contributed by atoms with Gasteiger partial charge in [0, 0.05) is 6.07 Å². The molecule has 5 rings (SSSR count). The standard InChI is InChI=1S/C26H33N3O6/c1-24-11-8-17(27-35-23-7-5-18(28(31)32)15-22(23)29(33)34)14-16(24)4-6-19-20(24)9-12-25(2)21(19)10-13-26(25,3)30/h5,7,14-15,19-21,30H,4,6,8-13H2,1-3H3/b27-17+/t19-,20+,21+,24+,25+,26+/m1/s1. The van der Waals surface area contributed by atoms with Gasteiger partial charge in [0.25, 0.3) is 5.69 Å². The molecule has 188 valence electrons. The minimum atomic E-state index is -0.697. The Labute approximate surface area is 204 Å². The Hall–Kier alpha value is -2.81. The summed E-state index contributed by atoms with van der Waals surface area (Å²) in [7, 11) is 0. The third-order valence-corrected chi connectivity index (χ3v) is 10.2. The van der Waals surface area contributed by atoms with Gasteiger partial charge in [0.1, 0.15) is 0 Å². The van der Waals surface area contributed by atoms with Crippen molar-refractivity contribution in [1.29, 1.82) is 0 Å². The van der Waals surface area contributed by atoms with Gasteiger partial charge in [-0.15, -0.1) is 0 Å². The van der Waals surface area contributed by atoms with E-state index < -0.39 is 21.1 Å². The lowest BCUT2D eigenvalue weighted by Crippen LogP contribution is -2.53. The molecule has 0 aromatic heterocycles. The summed E-state index contributed by atoms with van der Waals surface area (Å²) in [6, 6.07) is 3.29. The third-order valence-electron chi connectivity index (χ3n) is 10.2. The van der Waals surface area contributed by atoms with Crippen molar-refractivity contribution in [2.75, 3.05) is 0 Å². The van der Waals surface area contributed by atoms with Gasteiger partial charge >= 0.3 is 5.69 Å². The van der Waals surface area contributed by atoms with Gasteiger partial charge in [-0.25, -0.2) is 0 Å². The lowest BCUT2D eigenvalue weighted by molar-refractivity contribution is -0.394. The maximum absolute atomic E-state index is 11.4. The highest BCUT2D eigenvalue weighted by Gasteiger charge is 2.62. The molecule has 4 aliphatic rings. The molecule has 0 aliphatic heterocycles. The summed E-state index contributed by atoms with van der Waals surface area (Å²) in [6.07, 6.45) is 10.0. The molecule has 3 fully saturated rings. The summed E-state index contributed by atoms with van der Waals surface area (Å²) in [5, 5.41) is 37.7. The number of non-ortho nitro benzene ring substituents is 1. The number of nitrogens with zero attached hydrogens (tertiary/aromatic N) is 3. The van der Waals surface area contributed by atoms with Crippen molar-refractivity contribution in [2.45, 2.75) is 77.7 Å². The SMILES string of the molecule is C[C@]12CC/C(=N\Oc3ccc([N+](=O)[O-])cc3[N+](=O)[O-])C=C1CC[C@@H]1[C@@H]2CC[C@@]2(C)[C@H]1CC[C@]2(C)O. The maximum Gasteiger partial charge on any atom is 0.321 e. The van der Waals surface area contributed by atoms with E-state index in [0.29, 0.717) is 24.2 Å². The Bertz CT molecular complexity index is 1140. The molecular formula is C26H33N3O6. The van der Waals surface area contributed by atoms with Gasteiger partial charge in [-0.1, -0.05) is 24.6 Å². The number of hydrogen-bond acceptors (Lipinski definition) is 7. The second-order valence-electron chi connectivity index (χ2n) is 11.6. The number of nitro groups is 2. The Morgan fingerprint density at radius 3 is 2.46 bits per heavy atom. The Morgan fingerprint density at radius 2 is 1.74 bits per heavy atom. The lowest BCUT2D eigenvalue weighted by atomic mass is 9.46. The molecule has 9 heteroatoms. The molecule has 0 saturated heterocycles. The Kier molecular flexibility index (Phi) is 5.54. The van der Waals surface area contributed by atoms with Gasteiger partial charge in [0.2, 0.25) is 5.75 Å². The summed E-state index contributed by atoms with van der Waals surface area (Å²) >= 11 is 0. The van der Waals surface area contributed by atoms with Crippen LogP contribution in [-0.2, 0) is 0 Å². The highest BCUT2D eigenvalue weighted by Crippen LogP contribution is 2.67. The van der Waals surface area contributed by atoms with Crippen molar-refractivity contribution in [3.63, 3.8) is 0 Å². The molecule has 0 heterocycles. The van der Waals surface area contributed by atoms with E-state index in [0.717, 1.165) is 56.7 Å². The van der Waals surface area contributed by atoms with E-state index in [1.54, 1.807) is 0 Å². The van der Waals surface area contributed by atoms with E-state index in [2.05, 4.69) is 25.1 Å². The predicted octanol–water partition coefficient (Wildman–Crippen LogP) is 5.95. The fourth-order valence-electron chi connectivity index (χ4n) is 7.83. The molecule has 0 unspecified atom stereocenters. The minimum Gasteiger partial charge on any atom is -0.390 e. The number of oxime groups is 1. The number of nitro benzene ring substituents is 2. The van der Waals surface area contributed by atoms with Crippen LogP contribution in [0.15, 0.2) is 35.0 Å². The van der Waals surface area contributed by atoms with Crippen LogP contribution in [0.25, 0.3) is 0 Å². The first-order valence-corrected chi connectivity index (χ1v) is 12.6. The fraction of sp³-hybridized carbons (Fsp3) is 0.654. The van der Waals surface area contributed by atoms with Gasteiger partial charge in [0.15, 0.2) is 0 Å². The average Bonchev–Trinajstić information content (AvgIpc) is 3.06. The summed E-state index contributed by atoms with van der Waals surface area (Å²) in [6.45, 7) is 6.71. The quantitative estimate of drug-likeness (QED) is 0.416. The molecule has 0 bridgehead atoms. The van der Waals surface area contributed by atoms with Crippen LogP contribution in [0, 0.1) is 48.8 Å². The lowest BCUT2D eigenvalue weighted by Gasteiger charge is -2.59. The van der Waals surface area contributed by atoms with Crippen molar-refractivity contribution in [1.82, 2.24) is 0 Å². The molecule has 9 nitrogen and oxygen atoms in total. The second kappa shape index (κ2) is 8.11. The summed E-state index contributed by atoms with van der Waals surface area (Å²) in [4.78, 5) is 26.4. The second-order valence-corrected chi connectivity index (χ2v) is 11.6. The molecule has 0 radical (unpaired) electrons. The van der Waals surface area contributed by atoms with Crippen molar-refractivity contribution < 1.29 is 19.8 Å². The predicted molar refractivity (Wildman–Crippen MR) is 130 cm³/mol. The van der Waals surface area contributed by atoms with Crippen molar-refractivity contribution in [3.8, 4) is 5.75 Å². The van der Waals surface area contributed by atoms with Gasteiger partial charge in [-0.2, -0.15) is 0 Å². The summed E-state index contributed by atoms with van der Waals surface area (Å²) in [5.74, 6) is 1.68. The van der Waals surface area contributed by atoms with Crippen molar-refractivity contribution in [3.05, 3.63) is 50.1 Å². The average molecular weight is 484 g/mol. The van der Waals surface area contributed by atoms with Crippen LogP contribution in [0.3, 0.4) is 0 Å². The van der Waals surface area contributed by atoms with Crippen LogP contribution in [0.2, 0.25) is 0 Å². The minimum absolute atomic E-state index is 0.000341. The van der Waals surface area contributed by atoms with Crippen molar-refractivity contribution >= 4 is 17.1 Å². The smallest absolute Gasteiger partial charge is 0.321 e. The Balaban J connectivity index is 1.37. The summed E-state index contributed by atoms with van der Waals surface area (Å²) in [5.41, 5.74) is 0.791. The molecule has 6 atom stereocenters. The van der Waals surface area contributed by atoms with E-state index in [1.165, 1.54) is 17.7 Å². The normalized spacial score (nSPS) is 39.3. The number of benzene rings is 1. The zero-order chi connectivity index (χ0) is 25.2. The zero-order valence-corrected chi connectivity index (χ0v) is 20.5. The molecule has 0 spiro atoms. The molecule has 1 N–H and O–H groups in total. The van der Waals surface area contributed by atoms with Crippen LogP contribution in [-0.4, -0.2) is 26.3 Å². The van der Waals surface area contributed by atoms with Gasteiger partial charge in [-0.05, 0) is 99.0 Å². The van der Waals surface area contributed by atoms with E-state index in [9.17, 15) is 25.3 Å². The van der Waals surface area contributed by atoms with Crippen LogP contribution in [0.4, 0.5) is 11.4 Å². The first kappa shape index (κ1) is 23.9. The van der Waals surface area contributed by atoms with Crippen molar-refractivity contribution in [2.24, 2.45) is 33.7 Å². The van der Waals surface area contributed by atoms with Crippen LogP contribution < -0.4 is 4.84 Å². The highest BCUT2D eigenvalue weighted by atomic mass is 16.7. The van der Waals surface area contributed by atoms with Crippen LogP contribution in [0.5, 0.6) is 5.75 Å². The molecule has 1 aromatic carbocycles. The first-order chi connectivity index (χ1) is 16.5. The van der Waals surface area contributed by atoms with E-state index >= 15 is 0 Å². The first-order valence-electron chi connectivity index (χ1n) is 12.6. The molecule has 1 aromatic rings. The number of hydrogen-bond donors (Lipinski definition) is 1. The molecule has 4 aliphatic carbocycles. The molecular weight excluding hydrogens is 450 g/mol. The third kappa shape index (κ3) is 3.66. The highest BCUT2D eigenvalue weighted by molar-refractivity contribution is 5.96. The zero-order valence-electron chi connectivity index (χ0n) is 20.5. The number of allylic oxidation sites excluding steroid dienone is 2. The monoisotopic (exact) mass is 483 g/mol. The topological polar surface area (TPSA) is 128 Å². The van der Waals surface area contributed by atoms with Crippen LogP contribution >= 0.6 is 0 Å². The number of aliphatic hydroxyl groups is 1. The fourth-order valence-corrected chi connectivity index (χ4v) is 7.83. The number of rotatable bonds is 4. The summed E-state index contributed by atoms with van der Waals surface area (Å²) < 4.78 is 0. The largest absolute Gasteiger partial charge is 0.390 e. The van der Waals surface area contributed by atoms with Crippen LogP contribution in [0.1, 0.15) is 72.1 Å². The molecule has 3 saturated carbocycles. The van der Waals surface area contributed by atoms with E-state index in [1.807, 2.05) is 6.92 Å². The van der Waals surface area contributed by atoms with Gasteiger partial charge in [0.05, 0.1) is 27.2 Å². The van der Waals surface area contributed by atoms with Gasteiger partial charge < -0.3 is 9.94 Å². The maximum atomic E-state index is 11.4. The molecule has 0 amide bonds. The van der Waals surface area contributed by atoms with E-state index in [-0.39, 0.29) is 22.3 Å². The molecule has 35 heavy (non-hydrogen) atoms. The Morgan fingerprint density at radius 1 is 1.00 bits per heavy atom. The van der Waals surface area contributed by atoms with Gasteiger partial charge in [-0.3, -0.25) is 20.2 Å². The van der Waals surface area contributed by atoms with E-state index in [4.69, 9.17) is 4.84 Å². The number of fused-ring (bicyclic) bond motifs is 5.